The average Bonchev–Trinajstić information content (AvgIpc) is 3.34. The third-order valence-electron chi connectivity index (χ3n) is 11.0. The van der Waals surface area contributed by atoms with Crippen LogP contribution in [0.4, 0.5) is 0 Å². The van der Waals surface area contributed by atoms with Gasteiger partial charge >= 0.3 is 3.18 Å². The van der Waals surface area contributed by atoms with E-state index >= 15 is 0 Å². The number of aliphatic hydroxyl groups excluding tert-OH is 2. The Morgan fingerprint density at radius 2 is 1.14 bits per heavy atom. The van der Waals surface area contributed by atoms with Crippen molar-refractivity contribution in [1.82, 2.24) is 9.80 Å². The molecule has 2 saturated heterocycles. The van der Waals surface area contributed by atoms with E-state index in [-0.39, 0.29) is 42.8 Å². The number of likely N-dealkylation sites (N-methyl/N-ethyl adjacent to an activating group) is 2. The molecule has 4 heterocycles. The molecule has 18 heteroatoms. The number of likely N-dealkylation sites (tertiary alicyclic amines) is 2. The van der Waals surface area contributed by atoms with Crippen molar-refractivity contribution in [1.29, 1.82) is 0 Å². The molecular formula is C46H56BBr3Cl2N2O10. The highest BCUT2D eigenvalue weighted by atomic mass is 79.9. The molecule has 2 aromatic heterocycles. The SMILES string of the molecule is BrB(Br)Br.CN1CCC(c2c(O)cc(O)c3c(=O)cc(-c4ccccc4Cl)oc23)C(O)C1.COc1cc(OC)c2c(=O)cc(-c3ccccc3Cl)oc2c1C1CCN(C)CC1O.[2H]C.[2H]C.[2H][2H].[2H][2H]. The summed E-state index contributed by atoms with van der Waals surface area (Å²) in [4.78, 5) is 30.0. The molecule has 6 aromatic rings. The molecule has 2 fully saturated rings. The third kappa shape index (κ3) is 11.7. The van der Waals surface area contributed by atoms with Crippen molar-refractivity contribution >= 4 is 95.6 Å². The van der Waals surface area contributed by atoms with E-state index < -0.39 is 23.6 Å². The van der Waals surface area contributed by atoms with Crippen LogP contribution >= 0.6 is 70.5 Å². The van der Waals surface area contributed by atoms with Gasteiger partial charge in [0, 0.05) is 80.1 Å². The van der Waals surface area contributed by atoms with Crippen molar-refractivity contribution in [3.05, 3.63) is 114 Å². The molecule has 8 rings (SSSR count). The minimum Gasteiger partial charge on any atom is -0.507 e. The summed E-state index contributed by atoms with van der Waals surface area (Å²) in [6.45, 7) is 2.49. The number of ether oxygens (including phenoxy) is 2. The number of hydrogen-bond donors (Lipinski definition) is 4. The lowest BCUT2D eigenvalue weighted by Crippen LogP contribution is -2.40. The Bertz CT molecular complexity index is 2710. The standard InChI is InChI=1S/C23H24ClNO5.C21H20ClNO5.2CH4.BBr3.2H2/c1-25-9-8-14(17(27)12-25)21-19(28-2)11-20(29-3)22-16(26)10-18(30-23(21)22)13-6-4-5-7-15(13)24;1-23-7-6-12(17(27)10-23)19-14(24)8-15(25)20-16(26)9-18(28-21(19)20)11-4-2-3-5-13(11)22;;;2-1(3)4;;/h4-7,10-11,14,17,27H,8-9,12H2,1-3H3;2-5,8-9,12,17,24-25,27H,6-7,10H2,1H3;2*1H4;;2*1H/i;;2*1D;;2*1+1D. The Hall–Kier alpha value is -3.58. The lowest BCUT2D eigenvalue weighted by atomic mass is 9.85. The van der Waals surface area contributed by atoms with Gasteiger partial charge < -0.3 is 48.5 Å². The predicted octanol–water partition coefficient (Wildman–Crippen LogP) is 11.1. The normalized spacial score (nSPS) is 19.1. The zero-order chi connectivity index (χ0) is 53.0. The Kier molecular flexibility index (Phi) is 17.0. The van der Waals surface area contributed by atoms with Crippen LogP contribution in [0.2, 0.25) is 10.0 Å². The van der Waals surface area contributed by atoms with Crippen LogP contribution in [0.5, 0.6) is 23.0 Å². The highest BCUT2D eigenvalue weighted by Crippen LogP contribution is 2.45. The third-order valence-corrected chi connectivity index (χ3v) is 11.7. The minimum absolute atomic E-state index is 0.0188. The molecule has 2 aliphatic heterocycles. The lowest BCUT2D eigenvalue weighted by molar-refractivity contribution is 0.0629. The van der Waals surface area contributed by atoms with Gasteiger partial charge in [0.2, 0.25) is 0 Å². The minimum atomic E-state index is -0.744. The van der Waals surface area contributed by atoms with Gasteiger partial charge in [0.1, 0.15) is 56.5 Å². The summed E-state index contributed by atoms with van der Waals surface area (Å²) in [7, 11) is 9.43. The number of methoxy groups -OCH3 is 2. The van der Waals surface area contributed by atoms with Crippen LogP contribution in [0.3, 0.4) is 0 Å². The number of benzene rings is 4. The first kappa shape index (κ1) is 46.9. The van der Waals surface area contributed by atoms with Gasteiger partial charge in [-0.2, -0.15) is 0 Å². The van der Waals surface area contributed by atoms with Crippen LogP contribution in [0.1, 0.15) is 59.3 Å². The van der Waals surface area contributed by atoms with Gasteiger partial charge in [0.15, 0.2) is 10.9 Å². The summed E-state index contributed by atoms with van der Waals surface area (Å²) < 4.78 is 55.2. The lowest BCUT2D eigenvalue weighted by Gasteiger charge is -2.34. The maximum Gasteiger partial charge on any atom is 0.369 e. The summed E-state index contributed by atoms with van der Waals surface area (Å²) in [5.41, 5.74) is 1.91. The molecule has 4 atom stereocenters. The van der Waals surface area contributed by atoms with Gasteiger partial charge in [-0.15, -0.1) is 47.3 Å². The zero-order valence-corrected chi connectivity index (χ0v) is 42.4. The highest BCUT2D eigenvalue weighted by molar-refractivity contribution is 9.69. The van der Waals surface area contributed by atoms with Gasteiger partial charge in [-0.3, -0.25) is 9.59 Å². The molecule has 4 aromatic carbocycles. The Balaban J connectivity index is 0.000000395. The summed E-state index contributed by atoms with van der Waals surface area (Å²) in [5, 5.41) is 43.4. The molecular weight excluding hydrogens is 1060 g/mol. The van der Waals surface area contributed by atoms with E-state index in [1.165, 1.54) is 34.0 Å². The summed E-state index contributed by atoms with van der Waals surface area (Å²) in [6, 6.07) is 19.7. The number of rotatable bonds is 6. The van der Waals surface area contributed by atoms with Gasteiger partial charge in [0.25, 0.3) is 0 Å². The van der Waals surface area contributed by atoms with Crippen LogP contribution in [0.15, 0.2) is 91.2 Å². The fourth-order valence-electron chi connectivity index (χ4n) is 8.10. The van der Waals surface area contributed by atoms with Gasteiger partial charge in [-0.25, -0.2) is 0 Å². The fraction of sp³-hybridized carbons (Fsp3) is 0.348. The van der Waals surface area contributed by atoms with Crippen molar-refractivity contribution in [2.45, 2.75) is 51.7 Å². The Morgan fingerprint density at radius 3 is 1.58 bits per heavy atom. The number of nitrogens with zero attached hydrogens (tertiary/aromatic N) is 2. The maximum absolute atomic E-state index is 13.1. The Morgan fingerprint density at radius 1 is 0.719 bits per heavy atom. The molecule has 2 aliphatic rings. The summed E-state index contributed by atoms with van der Waals surface area (Å²) in [5.74, 6) is 0.239. The van der Waals surface area contributed by atoms with Crippen molar-refractivity contribution < 1.29 is 47.4 Å². The number of halogens is 5. The molecule has 348 valence electrons. The monoisotopic (exact) mass is 1120 g/mol. The first-order valence-corrected chi connectivity index (χ1v) is 22.9. The van der Waals surface area contributed by atoms with Crippen LogP contribution in [0, 0.1) is 0 Å². The molecule has 0 spiro atoms. The van der Waals surface area contributed by atoms with E-state index in [9.17, 15) is 30.0 Å². The van der Waals surface area contributed by atoms with E-state index in [0.717, 1.165) is 19.2 Å². The first-order valence-electron chi connectivity index (χ1n) is 23.4. The second kappa shape index (κ2) is 23.2. The van der Waals surface area contributed by atoms with E-state index in [1.807, 2.05) is 31.1 Å². The van der Waals surface area contributed by atoms with E-state index in [0.29, 0.717) is 86.5 Å². The smallest absolute Gasteiger partial charge is 0.369 e. The second-order valence-electron chi connectivity index (χ2n) is 15.0. The van der Waals surface area contributed by atoms with Crippen LogP contribution in [-0.4, -0.2) is 100 Å². The van der Waals surface area contributed by atoms with Crippen molar-refractivity contribution in [2.75, 3.05) is 54.5 Å². The largest absolute Gasteiger partial charge is 0.507 e. The molecule has 4 N–H and O–H groups in total. The average molecular weight is 1120 g/mol. The quantitative estimate of drug-likeness (QED) is 0.117. The highest BCUT2D eigenvalue weighted by Gasteiger charge is 2.35. The van der Waals surface area contributed by atoms with Crippen LogP contribution < -0.4 is 20.3 Å². The first-order chi connectivity index (χ1) is 33.5. The summed E-state index contributed by atoms with van der Waals surface area (Å²) in [6.07, 6.45) is -0.0872. The van der Waals surface area contributed by atoms with E-state index in [1.54, 1.807) is 49.6 Å². The van der Waals surface area contributed by atoms with E-state index in [4.69, 9.17) is 50.2 Å². The summed E-state index contributed by atoms with van der Waals surface area (Å²) >= 11 is 21.9. The second-order valence-corrected chi connectivity index (χ2v) is 22.3. The molecule has 4 unspecified atom stereocenters. The number of phenols is 2. The van der Waals surface area contributed by atoms with E-state index in [2.05, 4.69) is 52.2 Å². The van der Waals surface area contributed by atoms with Crippen LogP contribution in [0.25, 0.3) is 44.6 Å². The number of piperidine rings is 2. The molecule has 0 bridgehead atoms. The van der Waals surface area contributed by atoms with Crippen molar-refractivity contribution in [3.8, 4) is 45.6 Å². The predicted molar refractivity (Wildman–Crippen MR) is 274 cm³/mol. The topological polar surface area (TPSA) is 166 Å². The van der Waals surface area contributed by atoms with Gasteiger partial charge in [-0.1, -0.05) is 62.3 Å². The molecule has 12 nitrogen and oxygen atoms in total. The number of β-amino-alcohol motifs (C(OH)–C–C–N with tert-alkyl or cyclic N) is 2. The molecule has 0 radical (unpaired) electrons. The fourth-order valence-corrected chi connectivity index (χ4v) is 8.56. The number of aromatic hydroxyl groups is 2. The number of fused-ring (bicyclic) bond motifs is 2. The number of phenolic OH excluding ortho intramolecular Hbond substituents is 2. The molecule has 64 heavy (non-hydrogen) atoms. The van der Waals surface area contributed by atoms with Crippen molar-refractivity contribution in [2.24, 2.45) is 0 Å². The van der Waals surface area contributed by atoms with Gasteiger partial charge in [-0.05, 0) is 64.3 Å². The Labute approximate surface area is 416 Å². The molecule has 0 amide bonds. The number of aliphatic hydroxyl groups is 2. The zero-order valence-electron chi connectivity index (χ0n) is 42.1. The van der Waals surface area contributed by atoms with Crippen LogP contribution in [-0.2, 0) is 0 Å². The van der Waals surface area contributed by atoms with Gasteiger partial charge in [0.05, 0.1) is 36.5 Å². The molecule has 0 saturated carbocycles. The molecule has 0 aliphatic carbocycles. The maximum atomic E-state index is 13.1. The number of hydrogen-bond acceptors (Lipinski definition) is 12. The van der Waals surface area contributed by atoms with Crippen molar-refractivity contribution in [3.63, 3.8) is 0 Å².